The van der Waals surface area contributed by atoms with Crippen molar-refractivity contribution in [2.24, 2.45) is 0 Å². The standard InChI is InChI=1S/C32H24N2O2S/c1-21(35)36-25-15-13-23(14-16-25)28-19-33-32-31(30(28)24-8-4-2-5-9-24)27-18-22(12-17-29(27)34-32)20-37-26-10-6-3-7-11-26/h2-19H,20H2,1H3,(H,33,34). The molecule has 0 aliphatic heterocycles. The minimum Gasteiger partial charge on any atom is -0.427 e. The van der Waals surface area contributed by atoms with E-state index in [0.717, 1.165) is 49.9 Å². The summed E-state index contributed by atoms with van der Waals surface area (Å²) in [6, 6.07) is 35.1. The maximum Gasteiger partial charge on any atom is 0.308 e. The van der Waals surface area contributed by atoms with Crippen LogP contribution in [0.5, 0.6) is 5.75 Å². The molecule has 0 bridgehead atoms. The lowest BCUT2D eigenvalue weighted by atomic mass is 9.92. The molecule has 0 aliphatic rings. The van der Waals surface area contributed by atoms with Gasteiger partial charge in [-0.3, -0.25) is 4.79 Å². The predicted octanol–water partition coefficient (Wildman–Crippen LogP) is 8.27. The van der Waals surface area contributed by atoms with Crippen LogP contribution in [0.2, 0.25) is 0 Å². The molecule has 0 spiro atoms. The first kappa shape index (κ1) is 23.1. The van der Waals surface area contributed by atoms with Gasteiger partial charge in [-0.15, -0.1) is 11.8 Å². The van der Waals surface area contributed by atoms with Crippen LogP contribution in [0.1, 0.15) is 12.5 Å². The summed E-state index contributed by atoms with van der Waals surface area (Å²) in [6.07, 6.45) is 1.92. The van der Waals surface area contributed by atoms with E-state index in [-0.39, 0.29) is 5.97 Å². The van der Waals surface area contributed by atoms with Crippen molar-refractivity contribution in [2.45, 2.75) is 17.6 Å². The predicted molar refractivity (Wildman–Crippen MR) is 152 cm³/mol. The number of esters is 1. The second-order valence-corrected chi connectivity index (χ2v) is 9.91. The van der Waals surface area contributed by atoms with Crippen molar-refractivity contribution in [1.82, 2.24) is 9.97 Å². The van der Waals surface area contributed by atoms with Gasteiger partial charge in [-0.25, -0.2) is 4.98 Å². The molecule has 37 heavy (non-hydrogen) atoms. The molecular weight excluding hydrogens is 476 g/mol. The number of H-pyrrole nitrogens is 1. The van der Waals surface area contributed by atoms with Crippen LogP contribution < -0.4 is 4.74 Å². The van der Waals surface area contributed by atoms with Gasteiger partial charge in [0.05, 0.1) is 0 Å². The molecule has 5 heteroatoms. The summed E-state index contributed by atoms with van der Waals surface area (Å²) in [5.74, 6) is 1.08. The highest BCUT2D eigenvalue weighted by Crippen LogP contribution is 2.41. The lowest BCUT2D eigenvalue weighted by Gasteiger charge is -2.13. The maximum absolute atomic E-state index is 11.4. The number of fused-ring (bicyclic) bond motifs is 3. The van der Waals surface area contributed by atoms with Crippen LogP contribution in [0.3, 0.4) is 0 Å². The molecule has 180 valence electrons. The number of benzene rings is 4. The normalized spacial score (nSPS) is 11.2. The zero-order chi connectivity index (χ0) is 25.2. The van der Waals surface area contributed by atoms with Gasteiger partial charge in [0, 0.05) is 51.2 Å². The zero-order valence-corrected chi connectivity index (χ0v) is 21.1. The van der Waals surface area contributed by atoms with Gasteiger partial charge in [-0.1, -0.05) is 66.7 Å². The highest BCUT2D eigenvalue weighted by atomic mass is 32.2. The Hall–Kier alpha value is -4.35. The molecule has 6 rings (SSSR count). The first-order valence-electron chi connectivity index (χ1n) is 12.1. The molecule has 0 amide bonds. The van der Waals surface area contributed by atoms with E-state index in [4.69, 9.17) is 9.72 Å². The fourth-order valence-corrected chi connectivity index (χ4v) is 5.53. The van der Waals surface area contributed by atoms with E-state index in [1.807, 2.05) is 54.4 Å². The number of rotatable bonds is 6. The third-order valence-electron chi connectivity index (χ3n) is 6.32. The lowest BCUT2D eigenvalue weighted by molar-refractivity contribution is -0.131. The third-order valence-corrected chi connectivity index (χ3v) is 7.41. The van der Waals surface area contributed by atoms with Crippen LogP contribution in [-0.4, -0.2) is 15.9 Å². The molecule has 2 aromatic heterocycles. The van der Waals surface area contributed by atoms with Crippen molar-refractivity contribution in [1.29, 1.82) is 0 Å². The first-order valence-corrected chi connectivity index (χ1v) is 13.1. The van der Waals surface area contributed by atoms with E-state index in [0.29, 0.717) is 5.75 Å². The van der Waals surface area contributed by atoms with Crippen molar-refractivity contribution >= 4 is 39.7 Å². The largest absolute Gasteiger partial charge is 0.427 e. The van der Waals surface area contributed by atoms with E-state index in [2.05, 4.69) is 71.7 Å². The van der Waals surface area contributed by atoms with Gasteiger partial charge in [-0.2, -0.15) is 0 Å². The molecule has 0 saturated heterocycles. The molecule has 0 atom stereocenters. The number of aromatic amines is 1. The number of carbonyl (C=O) groups is 1. The molecule has 6 aromatic rings. The minimum absolute atomic E-state index is 0.333. The fourth-order valence-electron chi connectivity index (χ4n) is 4.67. The Balaban J connectivity index is 1.50. The van der Waals surface area contributed by atoms with Gasteiger partial charge in [0.2, 0.25) is 0 Å². The average molecular weight is 501 g/mol. The molecule has 4 aromatic carbocycles. The number of hydrogen-bond donors (Lipinski definition) is 1. The van der Waals surface area contributed by atoms with Crippen LogP contribution in [-0.2, 0) is 10.5 Å². The Morgan fingerprint density at radius 2 is 1.59 bits per heavy atom. The average Bonchev–Trinajstić information content (AvgIpc) is 3.30. The Morgan fingerprint density at radius 1 is 0.865 bits per heavy atom. The highest BCUT2D eigenvalue weighted by molar-refractivity contribution is 7.98. The molecular formula is C32H24N2O2S. The Bertz CT molecular complexity index is 1710. The van der Waals surface area contributed by atoms with E-state index in [9.17, 15) is 4.79 Å². The van der Waals surface area contributed by atoms with E-state index >= 15 is 0 Å². The molecule has 0 saturated carbocycles. The van der Waals surface area contributed by atoms with Crippen molar-refractivity contribution in [3.63, 3.8) is 0 Å². The van der Waals surface area contributed by atoms with Crippen LogP contribution >= 0.6 is 11.8 Å². The topological polar surface area (TPSA) is 55.0 Å². The smallest absolute Gasteiger partial charge is 0.308 e. The quantitative estimate of drug-likeness (QED) is 0.142. The lowest BCUT2D eigenvalue weighted by Crippen LogP contribution is -2.00. The summed E-state index contributed by atoms with van der Waals surface area (Å²) in [7, 11) is 0. The van der Waals surface area contributed by atoms with Gasteiger partial charge < -0.3 is 9.72 Å². The van der Waals surface area contributed by atoms with Crippen molar-refractivity contribution in [2.75, 3.05) is 0 Å². The number of aromatic nitrogens is 2. The molecule has 2 heterocycles. The Kier molecular flexibility index (Phi) is 6.21. The number of nitrogens with one attached hydrogen (secondary N) is 1. The Morgan fingerprint density at radius 3 is 2.32 bits per heavy atom. The maximum atomic E-state index is 11.4. The van der Waals surface area contributed by atoms with E-state index < -0.39 is 0 Å². The number of nitrogens with zero attached hydrogens (tertiary/aromatic N) is 1. The van der Waals surface area contributed by atoms with Crippen LogP contribution in [0, 0.1) is 0 Å². The summed E-state index contributed by atoms with van der Waals surface area (Å²) in [6.45, 7) is 1.41. The number of pyridine rings is 1. The second kappa shape index (κ2) is 9.96. The van der Waals surface area contributed by atoms with Crippen LogP contribution in [0.25, 0.3) is 44.2 Å². The van der Waals surface area contributed by atoms with E-state index in [1.165, 1.54) is 17.4 Å². The molecule has 4 nitrogen and oxygen atoms in total. The second-order valence-electron chi connectivity index (χ2n) is 8.86. The van der Waals surface area contributed by atoms with Crippen molar-refractivity contribution < 1.29 is 9.53 Å². The summed E-state index contributed by atoms with van der Waals surface area (Å²) < 4.78 is 5.24. The summed E-state index contributed by atoms with van der Waals surface area (Å²) in [5, 5.41) is 2.26. The van der Waals surface area contributed by atoms with E-state index in [1.54, 1.807) is 0 Å². The third kappa shape index (κ3) is 4.74. The molecule has 1 N–H and O–H groups in total. The van der Waals surface area contributed by atoms with Gasteiger partial charge in [-0.05, 0) is 53.1 Å². The number of hydrogen-bond acceptors (Lipinski definition) is 4. The highest BCUT2D eigenvalue weighted by Gasteiger charge is 2.17. The van der Waals surface area contributed by atoms with Gasteiger partial charge >= 0.3 is 5.97 Å². The summed E-state index contributed by atoms with van der Waals surface area (Å²) in [4.78, 5) is 21.0. The number of carbonyl (C=O) groups excluding carboxylic acids is 1. The summed E-state index contributed by atoms with van der Waals surface area (Å²) in [5.41, 5.74) is 7.48. The van der Waals surface area contributed by atoms with Gasteiger partial charge in [0.25, 0.3) is 0 Å². The number of ether oxygens (including phenoxy) is 1. The van der Waals surface area contributed by atoms with Crippen molar-refractivity contribution in [3.05, 3.63) is 115 Å². The molecule has 0 aliphatic carbocycles. The molecule has 0 radical (unpaired) electrons. The fraction of sp³-hybridized carbons (Fsp3) is 0.0625. The SMILES string of the molecule is CC(=O)Oc1ccc(-c2cnc3[nH]c4ccc(CSc5ccccc5)cc4c3c2-c2ccccc2)cc1. The van der Waals surface area contributed by atoms with Crippen LogP contribution in [0.4, 0.5) is 0 Å². The van der Waals surface area contributed by atoms with Gasteiger partial charge in [0.1, 0.15) is 11.4 Å². The van der Waals surface area contributed by atoms with Crippen LogP contribution in [0.15, 0.2) is 114 Å². The number of thioether (sulfide) groups is 1. The monoisotopic (exact) mass is 500 g/mol. The first-order chi connectivity index (χ1) is 18.2. The Labute approximate surface area is 219 Å². The van der Waals surface area contributed by atoms with Gasteiger partial charge in [0.15, 0.2) is 0 Å². The zero-order valence-electron chi connectivity index (χ0n) is 20.3. The summed E-state index contributed by atoms with van der Waals surface area (Å²) >= 11 is 1.83. The van der Waals surface area contributed by atoms with Crippen molar-refractivity contribution in [3.8, 4) is 28.0 Å². The molecule has 0 unspecified atom stereocenters. The molecule has 0 fully saturated rings. The minimum atomic E-state index is -0.333.